The van der Waals surface area contributed by atoms with Crippen LogP contribution in [0.3, 0.4) is 0 Å². The van der Waals surface area contributed by atoms with E-state index in [1.165, 1.54) is 12.8 Å². The zero-order valence-electron chi connectivity index (χ0n) is 9.93. The van der Waals surface area contributed by atoms with Crippen LogP contribution in [-0.4, -0.2) is 32.9 Å². The molecule has 1 saturated carbocycles. The molecule has 0 atom stereocenters. The molecule has 0 aromatic carbocycles. The fourth-order valence-corrected chi connectivity index (χ4v) is 2.45. The number of aliphatic hydroxyl groups is 1. The summed E-state index contributed by atoms with van der Waals surface area (Å²) in [7, 11) is 0. The van der Waals surface area contributed by atoms with Crippen LogP contribution in [0.1, 0.15) is 19.3 Å². The number of hydrogen-bond donors (Lipinski definition) is 2. The van der Waals surface area contributed by atoms with E-state index in [9.17, 15) is 0 Å². The highest BCUT2D eigenvalue weighted by Crippen LogP contribution is 2.48. The van der Waals surface area contributed by atoms with Crippen molar-refractivity contribution in [1.29, 1.82) is 0 Å². The van der Waals surface area contributed by atoms with Gasteiger partial charge in [0.2, 0.25) is 5.95 Å². The third kappa shape index (κ3) is 2.35. The number of aliphatic hydroxyl groups excluding tert-OH is 1. The Bertz CT molecular complexity index is 564. The van der Waals surface area contributed by atoms with Crippen LogP contribution in [0.5, 0.6) is 0 Å². The molecule has 0 amide bonds. The number of pyridine rings is 1. The van der Waals surface area contributed by atoms with Gasteiger partial charge in [0.05, 0.1) is 0 Å². The van der Waals surface area contributed by atoms with Gasteiger partial charge in [-0.05, 0) is 52.7 Å². The number of halogens is 1. The SMILES string of the molecule is OCCC1(CNc2nc3ccc(Br)cn3n2)CC1. The molecule has 0 saturated heterocycles. The molecular formula is C12H15BrN4O. The second-order valence-electron chi connectivity index (χ2n) is 4.91. The first-order valence-corrected chi connectivity index (χ1v) is 6.87. The van der Waals surface area contributed by atoms with E-state index in [1.807, 2.05) is 18.3 Å². The fraction of sp³-hybridized carbons (Fsp3) is 0.500. The summed E-state index contributed by atoms with van der Waals surface area (Å²) in [6, 6.07) is 3.87. The molecule has 0 unspecified atom stereocenters. The van der Waals surface area contributed by atoms with Gasteiger partial charge in [-0.2, -0.15) is 4.98 Å². The van der Waals surface area contributed by atoms with E-state index < -0.39 is 0 Å². The molecule has 96 valence electrons. The van der Waals surface area contributed by atoms with Crippen molar-refractivity contribution in [3.63, 3.8) is 0 Å². The van der Waals surface area contributed by atoms with E-state index in [-0.39, 0.29) is 12.0 Å². The monoisotopic (exact) mass is 310 g/mol. The molecule has 2 aromatic heterocycles. The normalized spacial score (nSPS) is 17.0. The summed E-state index contributed by atoms with van der Waals surface area (Å²) < 4.78 is 2.73. The molecule has 5 nitrogen and oxygen atoms in total. The van der Waals surface area contributed by atoms with Crippen molar-refractivity contribution in [2.24, 2.45) is 5.41 Å². The van der Waals surface area contributed by atoms with Crippen LogP contribution in [0.15, 0.2) is 22.8 Å². The molecule has 0 spiro atoms. The number of hydrogen-bond acceptors (Lipinski definition) is 4. The van der Waals surface area contributed by atoms with Crippen molar-refractivity contribution in [1.82, 2.24) is 14.6 Å². The minimum atomic E-state index is 0.257. The molecule has 2 aromatic rings. The van der Waals surface area contributed by atoms with Crippen molar-refractivity contribution in [3.8, 4) is 0 Å². The van der Waals surface area contributed by atoms with E-state index in [2.05, 4.69) is 31.3 Å². The van der Waals surface area contributed by atoms with Crippen molar-refractivity contribution >= 4 is 27.5 Å². The number of nitrogens with zero attached hydrogens (tertiary/aromatic N) is 3. The van der Waals surface area contributed by atoms with Crippen LogP contribution < -0.4 is 5.32 Å². The minimum Gasteiger partial charge on any atom is -0.396 e. The van der Waals surface area contributed by atoms with Gasteiger partial charge in [-0.3, -0.25) is 0 Å². The lowest BCUT2D eigenvalue weighted by Crippen LogP contribution is -2.17. The minimum absolute atomic E-state index is 0.257. The molecule has 0 radical (unpaired) electrons. The summed E-state index contributed by atoms with van der Waals surface area (Å²) >= 11 is 3.41. The van der Waals surface area contributed by atoms with Gasteiger partial charge in [-0.1, -0.05) is 0 Å². The van der Waals surface area contributed by atoms with Gasteiger partial charge in [-0.15, -0.1) is 5.10 Å². The third-order valence-corrected chi connectivity index (χ3v) is 3.98. The molecule has 1 aliphatic rings. The summed E-state index contributed by atoms with van der Waals surface area (Å²) in [5.41, 5.74) is 1.10. The maximum atomic E-state index is 9.02. The summed E-state index contributed by atoms with van der Waals surface area (Å²) in [5.74, 6) is 0.650. The predicted molar refractivity (Wildman–Crippen MR) is 72.5 cm³/mol. The highest BCUT2D eigenvalue weighted by molar-refractivity contribution is 9.10. The lowest BCUT2D eigenvalue weighted by Gasteiger charge is -2.12. The zero-order chi connectivity index (χ0) is 12.6. The maximum Gasteiger partial charge on any atom is 0.243 e. The van der Waals surface area contributed by atoms with Crippen LogP contribution in [0.4, 0.5) is 5.95 Å². The Morgan fingerprint density at radius 1 is 1.44 bits per heavy atom. The lowest BCUT2D eigenvalue weighted by atomic mass is 10.0. The fourth-order valence-electron chi connectivity index (χ4n) is 2.13. The predicted octanol–water partition coefficient (Wildman–Crippen LogP) is 2.07. The standard InChI is InChI=1S/C12H15BrN4O/c13-9-1-2-10-15-11(16-17(10)7-9)14-8-12(3-4-12)5-6-18/h1-2,7,18H,3-6,8H2,(H,14,16). The highest BCUT2D eigenvalue weighted by Gasteiger charge is 2.41. The zero-order valence-corrected chi connectivity index (χ0v) is 11.5. The summed E-state index contributed by atoms with van der Waals surface area (Å²) in [6.07, 6.45) is 5.10. The molecular weight excluding hydrogens is 296 g/mol. The smallest absolute Gasteiger partial charge is 0.243 e. The molecule has 18 heavy (non-hydrogen) atoms. The van der Waals surface area contributed by atoms with Crippen LogP contribution in [0.25, 0.3) is 5.65 Å². The van der Waals surface area contributed by atoms with Gasteiger partial charge < -0.3 is 10.4 Å². The third-order valence-electron chi connectivity index (χ3n) is 3.52. The Balaban J connectivity index is 1.71. The van der Waals surface area contributed by atoms with Crippen LogP contribution in [0, 0.1) is 5.41 Å². The van der Waals surface area contributed by atoms with Crippen molar-refractivity contribution < 1.29 is 5.11 Å². The molecule has 0 bridgehead atoms. The Kier molecular flexibility index (Phi) is 2.99. The first-order valence-electron chi connectivity index (χ1n) is 6.07. The summed E-state index contributed by atoms with van der Waals surface area (Å²) in [4.78, 5) is 4.40. The molecule has 3 rings (SSSR count). The summed E-state index contributed by atoms with van der Waals surface area (Å²) in [6.45, 7) is 1.10. The van der Waals surface area contributed by atoms with E-state index in [4.69, 9.17) is 5.11 Å². The molecule has 0 aliphatic heterocycles. The number of anilines is 1. The van der Waals surface area contributed by atoms with Crippen LogP contribution >= 0.6 is 15.9 Å². The van der Waals surface area contributed by atoms with Crippen molar-refractivity contribution in [3.05, 3.63) is 22.8 Å². The second-order valence-corrected chi connectivity index (χ2v) is 5.83. The van der Waals surface area contributed by atoms with E-state index in [0.717, 1.165) is 23.1 Å². The van der Waals surface area contributed by atoms with E-state index in [1.54, 1.807) is 4.52 Å². The maximum absolute atomic E-state index is 9.02. The first kappa shape index (κ1) is 11.9. The molecule has 2 N–H and O–H groups in total. The molecule has 6 heteroatoms. The van der Waals surface area contributed by atoms with E-state index >= 15 is 0 Å². The van der Waals surface area contributed by atoms with Gasteiger partial charge in [0.25, 0.3) is 0 Å². The largest absolute Gasteiger partial charge is 0.396 e. The molecule has 1 fully saturated rings. The Labute approximate surface area is 113 Å². The Morgan fingerprint density at radius 2 is 2.28 bits per heavy atom. The van der Waals surface area contributed by atoms with Gasteiger partial charge in [0.1, 0.15) is 0 Å². The average Bonchev–Trinajstić information content (AvgIpc) is 2.99. The topological polar surface area (TPSA) is 62.5 Å². The highest BCUT2D eigenvalue weighted by atomic mass is 79.9. The Morgan fingerprint density at radius 3 is 3.00 bits per heavy atom. The van der Waals surface area contributed by atoms with Gasteiger partial charge in [0.15, 0.2) is 5.65 Å². The average molecular weight is 311 g/mol. The van der Waals surface area contributed by atoms with Crippen molar-refractivity contribution in [2.75, 3.05) is 18.5 Å². The number of nitrogens with one attached hydrogen (secondary N) is 1. The van der Waals surface area contributed by atoms with Crippen LogP contribution in [0.2, 0.25) is 0 Å². The van der Waals surface area contributed by atoms with Gasteiger partial charge in [0, 0.05) is 23.8 Å². The lowest BCUT2D eigenvalue weighted by molar-refractivity contribution is 0.253. The Hall–Kier alpha value is -1.14. The van der Waals surface area contributed by atoms with Crippen LogP contribution in [-0.2, 0) is 0 Å². The van der Waals surface area contributed by atoms with Gasteiger partial charge >= 0.3 is 0 Å². The quantitative estimate of drug-likeness (QED) is 0.887. The number of rotatable bonds is 5. The summed E-state index contributed by atoms with van der Waals surface area (Å²) in [5, 5.41) is 16.7. The molecule has 1 aliphatic carbocycles. The number of aromatic nitrogens is 3. The number of fused-ring (bicyclic) bond motifs is 1. The van der Waals surface area contributed by atoms with Gasteiger partial charge in [-0.25, -0.2) is 4.52 Å². The molecule has 2 heterocycles. The van der Waals surface area contributed by atoms with Crippen molar-refractivity contribution in [2.45, 2.75) is 19.3 Å². The van der Waals surface area contributed by atoms with E-state index in [0.29, 0.717) is 5.95 Å². The first-order chi connectivity index (χ1) is 8.71. The second kappa shape index (κ2) is 4.51.